The van der Waals surface area contributed by atoms with E-state index in [9.17, 15) is 4.39 Å². The predicted octanol–water partition coefficient (Wildman–Crippen LogP) is 2.58. The molecule has 3 heteroatoms. The van der Waals surface area contributed by atoms with E-state index in [-0.39, 0.29) is 0 Å². The van der Waals surface area contributed by atoms with Crippen LogP contribution in [-0.4, -0.2) is 7.11 Å². The Morgan fingerprint density at radius 2 is 2.17 bits per heavy atom. The van der Waals surface area contributed by atoms with Gasteiger partial charge in [-0.3, -0.25) is 0 Å². The van der Waals surface area contributed by atoms with Crippen LogP contribution < -0.4 is 4.74 Å². The van der Waals surface area contributed by atoms with Crippen molar-refractivity contribution in [2.45, 2.75) is 0 Å². The molecular weight excluding hydrogens is 159 g/mol. The molecule has 0 aliphatic carbocycles. The van der Waals surface area contributed by atoms with Gasteiger partial charge in [0.2, 0.25) is 0 Å². The Kier molecular flexibility index (Phi) is 1.50. The topological polar surface area (TPSA) is 22.4 Å². The van der Waals surface area contributed by atoms with Gasteiger partial charge >= 0.3 is 0 Å². The zero-order valence-electron chi connectivity index (χ0n) is 6.50. The van der Waals surface area contributed by atoms with E-state index < -0.39 is 6.01 Å². The van der Waals surface area contributed by atoms with Crippen molar-refractivity contribution in [2.75, 3.05) is 7.11 Å². The molecular formula is C9H7FO2. The third-order valence-electron chi connectivity index (χ3n) is 1.69. The van der Waals surface area contributed by atoms with Gasteiger partial charge in [0.1, 0.15) is 11.3 Å². The van der Waals surface area contributed by atoms with Crippen molar-refractivity contribution in [1.29, 1.82) is 0 Å². The summed E-state index contributed by atoms with van der Waals surface area (Å²) in [5.74, 6) is 0.698. The quantitative estimate of drug-likeness (QED) is 0.649. The Hall–Kier alpha value is -1.51. The van der Waals surface area contributed by atoms with Crippen LogP contribution in [0.2, 0.25) is 0 Å². The summed E-state index contributed by atoms with van der Waals surface area (Å²) in [6.45, 7) is 0. The summed E-state index contributed by atoms with van der Waals surface area (Å²) >= 11 is 0. The summed E-state index contributed by atoms with van der Waals surface area (Å²) in [6, 6.07) is 5.89. The van der Waals surface area contributed by atoms with Crippen LogP contribution in [-0.2, 0) is 0 Å². The van der Waals surface area contributed by atoms with Crippen LogP contribution in [0.5, 0.6) is 5.75 Å². The van der Waals surface area contributed by atoms with Crippen LogP contribution in [0, 0.1) is 6.01 Å². The number of hydrogen-bond donors (Lipinski definition) is 0. The molecule has 0 atom stereocenters. The first-order valence-electron chi connectivity index (χ1n) is 3.52. The van der Waals surface area contributed by atoms with Crippen molar-refractivity contribution in [3.05, 3.63) is 30.3 Å². The van der Waals surface area contributed by atoms with Gasteiger partial charge in [0, 0.05) is 11.5 Å². The smallest absolute Gasteiger partial charge is 0.278 e. The van der Waals surface area contributed by atoms with E-state index in [0.717, 1.165) is 0 Å². The number of furan rings is 1. The summed E-state index contributed by atoms with van der Waals surface area (Å²) in [5, 5.41) is 0.715. The number of methoxy groups -OCH3 is 1. The Labute approximate surface area is 68.6 Å². The van der Waals surface area contributed by atoms with Crippen molar-refractivity contribution in [1.82, 2.24) is 0 Å². The lowest BCUT2D eigenvalue weighted by molar-refractivity contribution is 0.380. The fourth-order valence-corrected chi connectivity index (χ4v) is 1.12. The van der Waals surface area contributed by atoms with Crippen LogP contribution >= 0.6 is 0 Å². The highest BCUT2D eigenvalue weighted by atomic mass is 19.1. The molecule has 0 aliphatic heterocycles. The van der Waals surface area contributed by atoms with Gasteiger partial charge in [-0.15, -0.1) is 0 Å². The third-order valence-corrected chi connectivity index (χ3v) is 1.69. The maximum atomic E-state index is 12.5. The van der Waals surface area contributed by atoms with Gasteiger partial charge in [0.15, 0.2) is 0 Å². The maximum absolute atomic E-state index is 12.5. The van der Waals surface area contributed by atoms with Gasteiger partial charge in [-0.25, -0.2) is 0 Å². The van der Waals surface area contributed by atoms with E-state index in [0.29, 0.717) is 16.7 Å². The Bertz CT molecular complexity index is 406. The molecule has 0 aliphatic rings. The highest BCUT2D eigenvalue weighted by Gasteiger charge is 2.02. The first-order valence-corrected chi connectivity index (χ1v) is 3.52. The second-order valence-corrected chi connectivity index (χ2v) is 2.45. The molecule has 0 amide bonds. The van der Waals surface area contributed by atoms with Gasteiger partial charge in [-0.05, 0) is 18.2 Å². The molecule has 1 aromatic carbocycles. The molecule has 0 N–H and O–H groups in total. The van der Waals surface area contributed by atoms with Crippen molar-refractivity contribution in [3.8, 4) is 5.75 Å². The average Bonchev–Trinajstić information content (AvgIpc) is 2.43. The third kappa shape index (κ3) is 1.03. The predicted molar refractivity (Wildman–Crippen MR) is 42.7 cm³/mol. The average molecular weight is 166 g/mol. The molecule has 0 radical (unpaired) electrons. The maximum Gasteiger partial charge on any atom is 0.278 e. The van der Waals surface area contributed by atoms with Crippen LogP contribution in [0.3, 0.4) is 0 Å². The minimum atomic E-state index is -0.571. The van der Waals surface area contributed by atoms with Crippen molar-refractivity contribution < 1.29 is 13.5 Å². The van der Waals surface area contributed by atoms with E-state index in [4.69, 9.17) is 9.15 Å². The van der Waals surface area contributed by atoms with Gasteiger partial charge in [-0.2, -0.15) is 4.39 Å². The Morgan fingerprint density at radius 1 is 1.33 bits per heavy atom. The van der Waals surface area contributed by atoms with Crippen LogP contribution in [0.4, 0.5) is 4.39 Å². The zero-order chi connectivity index (χ0) is 8.55. The van der Waals surface area contributed by atoms with Crippen LogP contribution in [0.15, 0.2) is 28.7 Å². The first-order chi connectivity index (χ1) is 5.79. The lowest BCUT2D eigenvalue weighted by Gasteiger charge is -1.96. The number of halogens is 1. The largest absolute Gasteiger partial charge is 0.497 e. The molecule has 62 valence electrons. The number of hydrogen-bond acceptors (Lipinski definition) is 2. The molecule has 0 fully saturated rings. The second-order valence-electron chi connectivity index (χ2n) is 2.45. The summed E-state index contributed by atoms with van der Waals surface area (Å²) in [6.07, 6.45) is 0. The van der Waals surface area contributed by atoms with E-state index in [1.54, 1.807) is 25.3 Å². The monoisotopic (exact) mass is 166 g/mol. The van der Waals surface area contributed by atoms with E-state index in [1.165, 1.54) is 6.07 Å². The van der Waals surface area contributed by atoms with Gasteiger partial charge in [0.25, 0.3) is 6.01 Å². The molecule has 2 rings (SSSR count). The molecule has 0 saturated carbocycles. The molecule has 2 nitrogen and oxygen atoms in total. The molecule has 12 heavy (non-hydrogen) atoms. The molecule has 0 saturated heterocycles. The number of fused-ring (bicyclic) bond motifs is 1. The Morgan fingerprint density at radius 3 is 2.92 bits per heavy atom. The van der Waals surface area contributed by atoms with Crippen LogP contribution in [0.25, 0.3) is 11.0 Å². The number of ether oxygens (including phenoxy) is 1. The Balaban J connectivity index is 2.66. The van der Waals surface area contributed by atoms with E-state index in [2.05, 4.69) is 0 Å². The molecule has 1 aromatic heterocycles. The van der Waals surface area contributed by atoms with Crippen LogP contribution in [0.1, 0.15) is 0 Å². The second kappa shape index (κ2) is 2.52. The molecule has 0 bridgehead atoms. The summed E-state index contributed by atoms with van der Waals surface area (Å²) in [5.41, 5.74) is 0.535. The fourth-order valence-electron chi connectivity index (χ4n) is 1.12. The highest BCUT2D eigenvalue weighted by Crippen LogP contribution is 2.22. The first kappa shape index (κ1) is 7.16. The summed E-state index contributed by atoms with van der Waals surface area (Å²) in [7, 11) is 1.57. The van der Waals surface area contributed by atoms with Crippen molar-refractivity contribution >= 4 is 11.0 Å². The summed E-state index contributed by atoms with van der Waals surface area (Å²) in [4.78, 5) is 0. The lowest BCUT2D eigenvalue weighted by atomic mass is 10.2. The normalized spacial score (nSPS) is 10.5. The zero-order valence-corrected chi connectivity index (χ0v) is 6.50. The minimum absolute atomic E-state index is 0.535. The van der Waals surface area contributed by atoms with Gasteiger partial charge in [-0.1, -0.05) is 0 Å². The van der Waals surface area contributed by atoms with Gasteiger partial charge in [0.05, 0.1) is 7.11 Å². The highest BCUT2D eigenvalue weighted by molar-refractivity contribution is 5.78. The molecule has 0 spiro atoms. The fraction of sp³-hybridized carbons (Fsp3) is 0.111. The van der Waals surface area contributed by atoms with Gasteiger partial charge < -0.3 is 9.15 Å². The van der Waals surface area contributed by atoms with E-state index >= 15 is 0 Å². The molecule has 2 aromatic rings. The van der Waals surface area contributed by atoms with Crippen molar-refractivity contribution in [3.63, 3.8) is 0 Å². The number of benzene rings is 1. The summed E-state index contributed by atoms with van der Waals surface area (Å²) < 4.78 is 22.3. The van der Waals surface area contributed by atoms with E-state index in [1.807, 2.05) is 0 Å². The molecule has 1 heterocycles. The molecule has 0 unspecified atom stereocenters. The van der Waals surface area contributed by atoms with Crippen molar-refractivity contribution in [2.24, 2.45) is 0 Å². The minimum Gasteiger partial charge on any atom is -0.497 e. The SMILES string of the molecule is COc1ccc2oc(F)cc2c1. The number of rotatable bonds is 1. The lowest BCUT2D eigenvalue weighted by Crippen LogP contribution is -1.79. The standard InChI is InChI=1S/C9H7FO2/c1-11-7-2-3-8-6(4-7)5-9(10)12-8/h2-5H,1H3.